The minimum atomic E-state index is -0.753. The summed E-state index contributed by atoms with van der Waals surface area (Å²) in [6.45, 7) is 4.90. The van der Waals surface area contributed by atoms with Crippen molar-refractivity contribution in [2.75, 3.05) is 32.2 Å². The van der Waals surface area contributed by atoms with Crippen molar-refractivity contribution >= 4 is 20.1 Å². The van der Waals surface area contributed by atoms with Crippen LogP contribution in [0.2, 0.25) is 0 Å². The first-order valence-corrected chi connectivity index (χ1v) is 7.17. The van der Waals surface area contributed by atoms with Crippen molar-refractivity contribution in [3.8, 4) is 0 Å². The van der Waals surface area contributed by atoms with Crippen molar-refractivity contribution in [2.45, 2.75) is 25.8 Å². The molecular formula is C9H20ClN2O2P. The SMILES string of the molecule is CCC(CO)NP1OCCCN1CCCl. The fraction of sp³-hybridized carbons (Fsp3) is 1.00. The van der Waals surface area contributed by atoms with Crippen molar-refractivity contribution in [1.82, 2.24) is 9.76 Å². The van der Waals surface area contributed by atoms with Gasteiger partial charge in [-0.15, -0.1) is 11.6 Å². The van der Waals surface area contributed by atoms with Gasteiger partial charge in [-0.1, -0.05) is 6.92 Å². The second-order valence-electron chi connectivity index (χ2n) is 3.52. The van der Waals surface area contributed by atoms with Gasteiger partial charge in [0.2, 0.25) is 0 Å². The first-order chi connectivity index (χ1) is 7.31. The van der Waals surface area contributed by atoms with Crippen LogP contribution in [-0.4, -0.2) is 48.0 Å². The predicted octanol–water partition coefficient (Wildman–Crippen LogP) is 1.53. The summed E-state index contributed by atoms with van der Waals surface area (Å²) in [4.78, 5) is 0. The monoisotopic (exact) mass is 254 g/mol. The summed E-state index contributed by atoms with van der Waals surface area (Å²) in [7, 11) is -0.753. The van der Waals surface area contributed by atoms with E-state index in [-0.39, 0.29) is 12.6 Å². The molecule has 0 aromatic carbocycles. The third-order valence-corrected chi connectivity index (χ3v) is 4.48. The van der Waals surface area contributed by atoms with Gasteiger partial charge < -0.3 is 9.63 Å². The maximum Gasteiger partial charge on any atom is 0.185 e. The molecule has 2 N–H and O–H groups in total. The van der Waals surface area contributed by atoms with Crippen LogP contribution in [0.25, 0.3) is 0 Å². The van der Waals surface area contributed by atoms with Gasteiger partial charge in [-0.2, -0.15) is 0 Å². The lowest BCUT2D eigenvalue weighted by Gasteiger charge is -2.36. The largest absolute Gasteiger partial charge is 0.395 e. The highest BCUT2D eigenvalue weighted by molar-refractivity contribution is 7.47. The van der Waals surface area contributed by atoms with E-state index in [2.05, 4.69) is 16.7 Å². The van der Waals surface area contributed by atoms with E-state index in [1.165, 1.54) is 0 Å². The lowest BCUT2D eigenvalue weighted by molar-refractivity contribution is 0.219. The van der Waals surface area contributed by atoms with Gasteiger partial charge in [0.1, 0.15) is 0 Å². The van der Waals surface area contributed by atoms with Gasteiger partial charge in [-0.25, -0.2) is 4.67 Å². The van der Waals surface area contributed by atoms with Crippen LogP contribution in [0.5, 0.6) is 0 Å². The second-order valence-corrected chi connectivity index (χ2v) is 5.53. The third-order valence-electron chi connectivity index (χ3n) is 2.38. The van der Waals surface area contributed by atoms with Gasteiger partial charge in [0.05, 0.1) is 13.2 Å². The number of nitrogens with zero attached hydrogens (tertiary/aromatic N) is 1. The van der Waals surface area contributed by atoms with Crippen LogP contribution >= 0.6 is 20.1 Å². The number of rotatable bonds is 6. The smallest absolute Gasteiger partial charge is 0.185 e. The number of aliphatic hydroxyl groups excluding tert-OH is 1. The summed E-state index contributed by atoms with van der Waals surface area (Å²) in [6.07, 6.45) is 1.97. The molecule has 1 saturated heterocycles. The average molecular weight is 255 g/mol. The van der Waals surface area contributed by atoms with Crippen LogP contribution in [0.4, 0.5) is 0 Å². The number of nitrogens with one attached hydrogen (secondary N) is 1. The van der Waals surface area contributed by atoms with Crippen molar-refractivity contribution in [2.24, 2.45) is 0 Å². The zero-order valence-electron chi connectivity index (χ0n) is 9.15. The maximum atomic E-state index is 9.12. The van der Waals surface area contributed by atoms with E-state index in [4.69, 9.17) is 21.2 Å². The second kappa shape index (κ2) is 7.77. The molecule has 1 heterocycles. The Morgan fingerprint density at radius 1 is 1.67 bits per heavy atom. The molecule has 90 valence electrons. The van der Waals surface area contributed by atoms with Gasteiger partial charge in [0.15, 0.2) is 8.45 Å². The zero-order chi connectivity index (χ0) is 11.1. The van der Waals surface area contributed by atoms with E-state index in [1.54, 1.807) is 0 Å². The number of hydrogen-bond acceptors (Lipinski definition) is 4. The Bertz CT molecular complexity index is 170. The van der Waals surface area contributed by atoms with Crippen molar-refractivity contribution in [1.29, 1.82) is 0 Å². The summed E-state index contributed by atoms with van der Waals surface area (Å²) in [5.74, 6) is 0.625. The Labute approximate surface area is 97.9 Å². The Morgan fingerprint density at radius 3 is 3.07 bits per heavy atom. The van der Waals surface area contributed by atoms with Crippen LogP contribution in [-0.2, 0) is 4.52 Å². The quantitative estimate of drug-likeness (QED) is 0.558. The molecule has 0 aromatic heterocycles. The van der Waals surface area contributed by atoms with E-state index in [0.29, 0.717) is 5.88 Å². The minimum Gasteiger partial charge on any atom is -0.395 e. The first-order valence-electron chi connectivity index (χ1n) is 5.42. The Balaban J connectivity index is 2.40. The predicted molar refractivity (Wildman–Crippen MR) is 64.1 cm³/mol. The molecule has 15 heavy (non-hydrogen) atoms. The van der Waals surface area contributed by atoms with Crippen LogP contribution < -0.4 is 5.09 Å². The van der Waals surface area contributed by atoms with Gasteiger partial charge in [-0.05, 0) is 12.8 Å². The molecule has 0 aromatic rings. The Hall–Kier alpha value is 0.560. The summed E-state index contributed by atoms with van der Waals surface area (Å²) in [6, 6.07) is 0.132. The molecule has 6 heteroatoms. The zero-order valence-corrected chi connectivity index (χ0v) is 10.8. The fourth-order valence-corrected chi connectivity index (χ4v) is 3.61. The van der Waals surface area contributed by atoms with E-state index < -0.39 is 8.45 Å². The van der Waals surface area contributed by atoms with Gasteiger partial charge in [0, 0.05) is 25.0 Å². The molecule has 0 bridgehead atoms. The summed E-state index contributed by atoms with van der Waals surface area (Å²) >= 11 is 5.74. The fourth-order valence-electron chi connectivity index (χ4n) is 1.41. The van der Waals surface area contributed by atoms with Gasteiger partial charge in [0.25, 0.3) is 0 Å². The topological polar surface area (TPSA) is 44.7 Å². The van der Waals surface area contributed by atoms with E-state index in [9.17, 15) is 0 Å². The lowest BCUT2D eigenvalue weighted by Crippen LogP contribution is -2.38. The number of halogens is 1. The van der Waals surface area contributed by atoms with E-state index in [0.717, 1.165) is 32.5 Å². The summed E-state index contributed by atoms with van der Waals surface area (Å²) < 4.78 is 7.93. The molecule has 1 aliphatic rings. The Kier molecular flexibility index (Phi) is 7.06. The minimum absolute atomic E-state index is 0.132. The maximum absolute atomic E-state index is 9.12. The molecule has 0 saturated carbocycles. The van der Waals surface area contributed by atoms with Crippen LogP contribution in [0.1, 0.15) is 19.8 Å². The molecule has 2 unspecified atom stereocenters. The number of alkyl halides is 1. The van der Waals surface area contributed by atoms with Crippen molar-refractivity contribution in [3.63, 3.8) is 0 Å². The molecule has 1 fully saturated rings. The van der Waals surface area contributed by atoms with Crippen molar-refractivity contribution < 1.29 is 9.63 Å². The third kappa shape index (κ3) is 4.51. The lowest BCUT2D eigenvalue weighted by atomic mass is 10.3. The van der Waals surface area contributed by atoms with E-state index in [1.807, 2.05) is 0 Å². The molecule has 0 aliphatic carbocycles. The normalized spacial score (nSPS) is 25.4. The highest BCUT2D eigenvalue weighted by atomic mass is 35.5. The van der Waals surface area contributed by atoms with Gasteiger partial charge >= 0.3 is 0 Å². The average Bonchev–Trinajstić information content (AvgIpc) is 2.28. The highest BCUT2D eigenvalue weighted by Crippen LogP contribution is 2.40. The molecule has 1 rings (SSSR count). The molecular weight excluding hydrogens is 235 g/mol. The number of aliphatic hydroxyl groups is 1. The first kappa shape index (κ1) is 13.6. The molecule has 2 atom stereocenters. The summed E-state index contributed by atoms with van der Waals surface area (Å²) in [5.41, 5.74) is 0. The molecule has 0 spiro atoms. The van der Waals surface area contributed by atoms with E-state index >= 15 is 0 Å². The van der Waals surface area contributed by atoms with Crippen molar-refractivity contribution in [3.05, 3.63) is 0 Å². The summed E-state index contributed by atoms with van der Waals surface area (Å²) in [5, 5.41) is 12.5. The molecule has 0 radical (unpaired) electrons. The molecule has 0 amide bonds. The number of hydrogen-bond donors (Lipinski definition) is 2. The molecule has 1 aliphatic heterocycles. The Morgan fingerprint density at radius 2 is 2.47 bits per heavy atom. The highest BCUT2D eigenvalue weighted by Gasteiger charge is 2.25. The van der Waals surface area contributed by atoms with Gasteiger partial charge in [-0.3, -0.25) is 5.09 Å². The molecule has 4 nitrogen and oxygen atoms in total. The standard InChI is InChI=1S/C9H20ClN2O2P/c1-2-9(8-13)11-15-12(6-4-10)5-3-7-14-15/h9,11,13H,2-8H2,1H3. The van der Waals surface area contributed by atoms with Crippen LogP contribution in [0, 0.1) is 0 Å². The van der Waals surface area contributed by atoms with Crippen LogP contribution in [0.15, 0.2) is 0 Å². The van der Waals surface area contributed by atoms with Crippen LogP contribution in [0.3, 0.4) is 0 Å².